The molecule has 0 bridgehead atoms. The van der Waals surface area contributed by atoms with Gasteiger partial charge in [-0.2, -0.15) is 0 Å². The first-order valence-corrected chi connectivity index (χ1v) is 24.1. The van der Waals surface area contributed by atoms with Crippen molar-refractivity contribution in [2.45, 2.75) is 206 Å². The quantitative estimate of drug-likeness (QED) is 0.0271. The highest BCUT2D eigenvalue weighted by Crippen LogP contribution is 2.43. The lowest BCUT2D eigenvalue weighted by Gasteiger charge is -2.20. The number of carbonyl (C=O) groups excluding carboxylic acids is 1. The number of phosphoric acid groups is 1. The van der Waals surface area contributed by atoms with E-state index in [2.05, 4.69) is 62.5 Å². The van der Waals surface area contributed by atoms with Crippen molar-refractivity contribution in [1.82, 2.24) is 0 Å². The number of ether oxygens (including phenoxy) is 2. The van der Waals surface area contributed by atoms with Crippen molar-refractivity contribution in [3.8, 4) is 0 Å². The van der Waals surface area contributed by atoms with Gasteiger partial charge in [-0.25, -0.2) is 4.57 Å². The number of unbranched alkanes of at least 4 members (excludes halogenated alkanes) is 22. The standard InChI is InChI=1S/C46H86NO7P/c1-3-5-7-9-11-13-15-17-19-21-22-24-26-28-30-32-34-36-38-41-51-43-45(44-53-55(49,50)52-42-40-47)54-46(48)39-37-35-33-31-29-27-25-23-20-18-16-14-12-10-8-6-4-2/h6,8,12,14,18-21,45H,3-5,7,9-11,13,15-17,22-44,47H2,1-2H3,(H,49,50)/b8-6-,14-12-,20-18-,21-19-. The van der Waals surface area contributed by atoms with Crippen LogP contribution >= 0.6 is 7.82 Å². The van der Waals surface area contributed by atoms with Crippen molar-refractivity contribution in [2.24, 2.45) is 5.73 Å². The third kappa shape index (κ3) is 43.4. The zero-order valence-electron chi connectivity index (χ0n) is 35.7. The number of esters is 1. The predicted molar refractivity (Wildman–Crippen MR) is 233 cm³/mol. The minimum atomic E-state index is -4.28. The fraction of sp³-hybridized carbons (Fsp3) is 0.804. The maximum Gasteiger partial charge on any atom is 0.472 e. The smallest absolute Gasteiger partial charge is 0.457 e. The molecule has 0 aliphatic carbocycles. The highest BCUT2D eigenvalue weighted by Gasteiger charge is 2.25. The van der Waals surface area contributed by atoms with E-state index in [0.717, 1.165) is 57.8 Å². The highest BCUT2D eigenvalue weighted by atomic mass is 31.2. The summed E-state index contributed by atoms with van der Waals surface area (Å²) in [7, 11) is -4.28. The van der Waals surface area contributed by atoms with E-state index in [4.69, 9.17) is 24.3 Å². The molecule has 0 amide bonds. The van der Waals surface area contributed by atoms with E-state index in [9.17, 15) is 14.3 Å². The summed E-state index contributed by atoms with van der Waals surface area (Å²) in [4.78, 5) is 22.5. The van der Waals surface area contributed by atoms with Crippen LogP contribution in [-0.4, -0.2) is 49.9 Å². The molecule has 2 unspecified atom stereocenters. The van der Waals surface area contributed by atoms with Gasteiger partial charge in [0, 0.05) is 19.6 Å². The van der Waals surface area contributed by atoms with Crippen LogP contribution in [0.1, 0.15) is 200 Å². The van der Waals surface area contributed by atoms with Gasteiger partial charge in [0.15, 0.2) is 0 Å². The van der Waals surface area contributed by atoms with Crippen LogP contribution < -0.4 is 5.73 Å². The Morgan fingerprint density at radius 1 is 0.564 bits per heavy atom. The van der Waals surface area contributed by atoms with E-state index < -0.39 is 13.9 Å². The van der Waals surface area contributed by atoms with Gasteiger partial charge in [-0.05, 0) is 70.6 Å². The Morgan fingerprint density at radius 3 is 1.55 bits per heavy atom. The van der Waals surface area contributed by atoms with Gasteiger partial charge >= 0.3 is 13.8 Å². The summed E-state index contributed by atoms with van der Waals surface area (Å²) < 4.78 is 33.5. The largest absolute Gasteiger partial charge is 0.472 e. The summed E-state index contributed by atoms with van der Waals surface area (Å²) >= 11 is 0. The molecule has 0 aromatic heterocycles. The Kier molecular flexibility index (Phi) is 42.4. The van der Waals surface area contributed by atoms with Gasteiger partial charge in [0.2, 0.25) is 0 Å². The van der Waals surface area contributed by atoms with Crippen LogP contribution in [0.25, 0.3) is 0 Å². The van der Waals surface area contributed by atoms with Crippen LogP contribution in [-0.2, 0) is 27.9 Å². The number of rotatable bonds is 43. The first kappa shape index (κ1) is 53.5. The predicted octanol–water partition coefficient (Wildman–Crippen LogP) is 13.6. The van der Waals surface area contributed by atoms with Crippen molar-refractivity contribution in [3.05, 3.63) is 48.6 Å². The summed E-state index contributed by atoms with van der Waals surface area (Å²) in [5.41, 5.74) is 5.37. The second-order valence-corrected chi connectivity index (χ2v) is 16.3. The van der Waals surface area contributed by atoms with Gasteiger partial charge in [-0.3, -0.25) is 13.8 Å². The highest BCUT2D eigenvalue weighted by molar-refractivity contribution is 7.47. The van der Waals surface area contributed by atoms with Gasteiger partial charge < -0.3 is 20.1 Å². The van der Waals surface area contributed by atoms with Crippen LogP contribution in [0.2, 0.25) is 0 Å². The molecule has 0 rings (SSSR count). The molecule has 8 nitrogen and oxygen atoms in total. The summed E-state index contributed by atoms with van der Waals surface area (Å²) in [5.74, 6) is -0.341. The molecule has 0 aliphatic rings. The average Bonchev–Trinajstić information content (AvgIpc) is 3.17. The first-order chi connectivity index (χ1) is 26.9. The third-order valence-corrected chi connectivity index (χ3v) is 10.5. The first-order valence-electron chi connectivity index (χ1n) is 22.6. The molecule has 0 aromatic carbocycles. The second-order valence-electron chi connectivity index (χ2n) is 14.9. The lowest BCUT2D eigenvalue weighted by atomic mass is 10.1. The van der Waals surface area contributed by atoms with Crippen LogP contribution in [0, 0.1) is 0 Å². The molecule has 9 heteroatoms. The van der Waals surface area contributed by atoms with Crippen LogP contribution in [0.5, 0.6) is 0 Å². The van der Waals surface area contributed by atoms with Crippen molar-refractivity contribution < 1.29 is 32.8 Å². The van der Waals surface area contributed by atoms with Gasteiger partial charge in [-0.15, -0.1) is 0 Å². The number of hydrogen-bond donors (Lipinski definition) is 2. The molecule has 0 radical (unpaired) electrons. The number of phosphoric ester groups is 1. The molecule has 0 aliphatic heterocycles. The molecular weight excluding hydrogens is 709 g/mol. The minimum Gasteiger partial charge on any atom is -0.457 e. The fourth-order valence-corrected chi connectivity index (χ4v) is 6.95. The zero-order chi connectivity index (χ0) is 40.2. The fourth-order valence-electron chi connectivity index (χ4n) is 6.18. The molecule has 2 atom stereocenters. The Balaban J connectivity index is 4.02. The molecule has 0 spiro atoms. The van der Waals surface area contributed by atoms with E-state index in [1.54, 1.807) is 0 Å². The molecule has 3 N–H and O–H groups in total. The van der Waals surface area contributed by atoms with Crippen molar-refractivity contribution in [1.29, 1.82) is 0 Å². The molecular formula is C46H86NO7P. The Hall–Kier alpha value is -1.54. The Bertz CT molecular complexity index is 983. The second kappa shape index (κ2) is 43.6. The van der Waals surface area contributed by atoms with Gasteiger partial charge in [0.05, 0.1) is 19.8 Å². The van der Waals surface area contributed by atoms with Crippen molar-refractivity contribution >= 4 is 13.8 Å². The van der Waals surface area contributed by atoms with E-state index in [-0.39, 0.29) is 32.3 Å². The summed E-state index contributed by atoms with van der Waals surface area (Å²) in [5, 5.41) is 0. The summed E-state index contributed by atoms with van der Waals surface area (Å²) in [6.45, 7) is 4.80. The number of carbonyl (C=O) groups is 1. The topological polar surface area (TPSA) is 117 Å². The lowest BCUT2D eigenvalue weighted by Crippen LogP contribution is -2.28. The Labute approximate surface area is 339 Å². The SMILES string of the molecule is CC/C=C\C/C=C\C/C=C\CCCCCCCCCC(=O)OC(COCCCCCCCCCC/C=C\CCCCCCCCC)COP(=O)(O)OCCN. The van der Waals surface area contributed by atoms with Gasteiger partial charge in [0.1, 0.15) is 6.10 Å². The molecule has 0 saturated carbocycles. The van der Waals surface area contributed by atoms with E-state index in [0.29, 0.717) is 13.0 Å². The monoisotopic (exact) mass is 796 g/mol. The molecule has 0 heterocycles. The molecule has 0 saturated heterocycles. The summed E-state index contributed by atoms with van der Waals surface area (Å²) in [6, 6.07) is 0. The number of hydrogen-bond acceptors (Lipinski definition) is 7. The van der Waals surface area contributed by atoms with Crippen molar-refractivity contribution in [2.75, 3.05) is 33.0 Å². The van der Waals surface area contributed by atoms with E-state index in [1.165, 1.54) is 122 Å². The van der Waals surface area contributed by atoms with Crippen LogP contribution in [0.15, 0.2) is 48.6 Å². The van der Waals surface area contributed by atoms with Crippen LogP contribution in [0.3, 0.4) is 0 Å². The van der Waals surface area contributed by atoms with Crippen molar-refractivity contribution in [3.63, 3.8) is 0 Å². The van der Waals surface area contributed by atoms with Gasteiger partial charge in [0.25, 0.3) is 0 Å². The van der Waals surface area contributed by atoms with E-state index >= 15 is 0 Å². The third-order valence-electron chi connectivity index (χ3n) is 9.48. The lowest BCUT2D eigenvalue weighted by molar-refractivity contribution is -0.154. The van der Waals surface area contributed by atoms with Crippen LogP contribution in [0.4, 0.5) is 0 Å². The average molecular weight is 796 g/mol. The molecule has 55 heavy (non-hydrogen) atoms. The minimum absolute atomic E-state index is 0.0969. The van der Waals surface area contributed by atoms with E-state index in [1.807, 2.05) is 0 Å². The molecule has 0 fully saturated rings. The Morgan fingerprint density at radius 2 is 1.02 bits per heavy atom. The molecule has 0 aromatic rings. The molecule has 322 valence electrons. The zero-order valence-corrected chi connectivity index (χ0v) is 36.6. The maximum atomic E-state index is 12.6. The summed E-state index contributed by atoms with van der Waals surface area (Å²) in [6.07, 6.45) is 51.3. The number of nitrogens with two attached hydrogens (primary N) is 1. The normalized spacial score (nSPS) is 13.9. The number of allylic oxidation sites excluding steroid dienone is 8. The van der Waals surface area contributed by atoms with Gasteiger partial charge in [-0.1, -0.05) is 172 Å². The maximum absolute atomic E-state index is 12.6.